The van der Waals surface area contributed by atoms with E-state index in [1.807, 2.05) is 6.92 Å². The molecule has 1 N–H and O–H groups in total. The van der Waals surface area contributed by atoms with Gasteiger partial charge in [0.25, 0.3) is 11.7 Å². The van der Waals surface area contributed by atoms with E-state index in [0.29, 0.717) is 17.9 Å². The molecule has 1 amide bonds. The van der Waals surface area contributed by atoms with Crippen LogP contribution in [0, 0.1) is 6.92 Å². The predicted molar refractivity (Wildman–Crippen MR) is 136 cm³/mol. The van der Waals surface area contributed by atoms with E-state index in [1.54, 1.807) is 50.2 Å². The normalized spacial score (nSPS) is 17.1. The Morgan fingerprint density at radius 2 is 1.61 bits per heavy atom. The largest absolute Gasteiger partial charge is 0.507 e. The molecule has 0 spiro atoms. The molecule has 1 heterocycles. The number of benzene rings is 3. The fourth-order valence-corrected chi connectivity index (χ4v) is 4.47. The number of anilines is 1. The average Bonchev–Trinajstić information content (AvgIpc) is 3.14. The Bertz CT molecular complexity index is 1400. The first kappa shape index (κ1) is 26.8. The minimum absolute atomic E-state index is 0.0872. The molecule has 1 fully saturated rings. The summed E-state index contributed by atoms with van der Waals surface area (Å²) in [5, 5.41) is 11.5. The molecule has 0 aromatic heterocycles. The van der Waals surface area contributed by atoms with Crippen LogP contribution in [-0.4, -0.2) is 30.0 Å². The molecule has 198 valence electrons. The number of ether oxygens (including phenoxy) is 2. The lowest BCUT2D eigenvalue weighted by molar-refractivity contribution is -0.137. The summed E-state index contributed by atoms with van der Waals surface area (Å²) in [5.41, 5.74) is 0.440. The summed E-state index contributed by atoms with van der Waals surface area (Å²) in [6.45, 7) is 6.03. The number of alkyl halides is 3. The molecule has 0 aliphatic carbocycles. The van der Waals surface area contributed by atoms with Gasteiger partial charge < -0.3 is 14.6 Å². The average molecular weight is 526 g/mol. The van der Waals surface area contributed by atoms with Crippen LogP contribution in [0.2, 0.25) is 0 Å². The van der Waals surface area contributed by atoms with Gasteiger partial charge in [-0.2, -0.15) is 13.2 Å². The van der Waals surface area contributed by atoms with Crippen LogP contribution < -0.4 is 14.4 Å². The van der Waals surface area contributed by atoms with E-state index in [0.717, 1.165) is 34.7 Å². The maximum atomic E-state index is 13.4. The molecule has 1 aliphatic rings. The van der Waals surface area contributed by atoms with Gasteiger partial charge in [-0.1, -0.05) is 24.3 Å². The summed E-state index contributed by atoms with van der Waals surface area (Å²) in [6, 6.07) is 14.6. The Labute approximate surface area is 217 Å². The topological polar surface area (TPSA) is 76.1 Å². The van der Waals surface area contributed by atoms with E-state index in [-0.39, 0.29) is 29.2 Å². The molecule has 9 heteroatoms. The van der Waals surface area contributed by atoms with E-state index >= 15 is 0 Å². The van der Waals surface area contributed by atoms with Crippen LogP contribution in [0.1, 0.15) is 42.1 Å². The van der Waals surface area contributed by atoms with Gasteiger partial charge >= 0.3 is 6.18 Å². The molecule has 1 aliphatic heterocycles. The number of aryl methyl sites for hydroxylation is 1. The smallest absolute Gasteiger partial charge is 0.416 e. The first-order valence-electron chi connectivity index (χ1n) is 12.0. The minimum Gasteiger partial charge on any atom is -0.507 e. The zero-order valence-electron chi connectivity index (χ0n) is 21.0. The van der Waals surface area contributed by atoms with Crippen LogP contribution in [-0.2, 0) is 15.8 Å². The van der Waals surface area contributed by atoms with Gasteiger partial charge in [-0.15, -0.1) is 0 Å². The Kier molecular flexibility index (Phi) is 7.48. The van der Waals surface area contributed by atoms with E-state index in [2.05, 4.69) is 0 Å². The summed E-state index contributed by atoms with van der Waals surface area (Å²) in [6.07, 6.45) is -4.56. The second-order valence-electron chi connectivity index (χ2n) is 8.59. The zero-order chi connectivity index (χ0) is 27.6. The van der Waals surface area contributed by atoms with Crippen molar-refractivity contribution in [1.82, 2.24) is 0 Å². The number of Topliss-reactive ketones (excluding diaryl/α,β-unsaturated/α-hetero) is 1. The monoisotopic (exact) mass is 525 g/mol. The molecule has 1 atom stereocenters. The lowest BCUT2D eigenvalue weighted by atomic mass is 9.92. The van der Waals surface area contributed by atoms with Crippen molar-refractivity contribution in [2.75, 3.05) is 18.1 Å². The van der Waals surface area contributed by atoms with Gasteiger partial charge in [-0.3, -0.25) is 14.5 Å². The SMILES string of the molecule is CCOc1ccc(/C(O)=C2\C(=O)C(=O)N(c3ccc(C(F)(F)F)cc3)C2c2ccccc2C)c(OCC)c1. The molecule has 0 bridgehead atoms. The first-order chi connectivity index (χ1) is 18.1. The number of carbonyl (C=O) groups excluding carboxylic acids is 2. The van der Waals surface area contributed by atoms with Crippen molar-refractivity contribution in [2.24, 2.45) is 0 Å². The number of amides is 1. The minimum atomic E-state index is -4.56. The molecule has 3 aromatic carbocycles. The number of nitrogens with zero attached hydrogens (tertiary/aromatic N) is 1. The summed E-state index contributed by atoms with van der Waals surface area (Å²) in [4.78, 5) is 27.9. The van der Waals surface area contributed by atoms with Gasteiger partial charge in [0.1, 0.15) is 17.3 Å². The second-order valence-corrected chi connectivity index (χ2v) is 8.59. The van der Waals surface area contributed by atoms with Crippen LogP contribution >= 0.6 is 0 Å². The first-order valence-corrected chi connectivity index (χ1v) is 12.0. The fraction of sp³-hybridized carbons (Fsp3) is 0.241. The Morgan fingerprint density at radius 3 is 2.21 bits per heavy atom. The van der Waals surface area contributed by atoms with Gasteiger partial charge in [-0.05, 0) is 68.3 Å². The molecule has 38 heavy (non-hydrogen) atoms. The summed E-state index contributed by atoms with van der Waals surface area (Å²) in [5.74, 6) is -1.65. The standard InChI is InChI=1S/C29H26F3NO5/c1-4-37-20-14-15-22(23(16-20)38-5-2)26(34)24-25(21-9-7-6-8-17(21)3)33(28(36)27(24)35)19-12-10-18(11-13-19)29(30,31)32/h6-16,25,34H,4-5H2,1-3H3/b26-24+. The molecule has 1 unspecified atom stereocenters. The maximum Gasteiger partial charge on any atom is 0.416 e. The number of rotatable bonds is 7. The zero-order valence-corrected chi connectivity index (χ0v) is 21.0. The van der Waals surface area contributed by atoms with Crippen LogP contribution in [0.15, 0.2) is 72.3 Å². The number of hydrogen-bond donors (Lipinski definition) is 1. The van der Waals surface area contributed by atoms with E-state index in [9.17, 15) is 27.9 Å². The lowest BCUT2D eigenvalue weighted by Crippen LogP contribution is -2.29. The number of aliphatic hydroxyl groups is 1. The summed E-state index contributed by atoms with van der Waals surface area (Å²) in [7, 11) is 0. The number of carbonyl (C=O) groups is 2. The van der Waals surface area contributed by atoms with E-state index in [1.165, 1.54) is 6.07 Å². The molecule has 6 nitrogen and oxygen atoms in total. The Morgan fingerprint density at radius 1 is 0.947 bits per heavy atom. The Balaban J connectivity index is 1.93. The lowest BCUT2D eigenvalue weighted by Gasteiger charge is -2.27. The van der Waals surface area contributed by atoms with Crippen LogP contribution in [0.3, 0.4) is 0 Å². The van der Waals surface area contributed by atoms with Crippen molar-refractivity contribution in [3.8, 4) is 11.5 Å². The molecular weight excluding hydrogens is 499 g/mol. The number of halogens is 3. The molecule has 0 saturated carbocycles. The highest BCUT2D eigenvalue weighted by Gasteiger charge is 2.47. The molecular formula is C29H26F3NO5. The molecule has 0 radical (unpaired) electrons. The van der Waals surface area contributed by atoms with Crippen LogP contribution in [0.4, 0.5) is 18.9 Å². The third kappa shape index (κ3) is 4.96. The number of hydrogen-bond acceptors (Lipinski definition) is 5. The quantitative estimate of drug-likeness (QED) is 0.218. The van der Waals surface area contributed by atoms with Gasteiger partial charge in [0.05, 0.1) is 36.0 Å². The van der Waals surface area contributed by atoms with Crippen molar-refractivity contribution < 1.29 is 37.3 Å². The van der Waals surface area contributed by atoms with Crippen molar-refractivity contribution >= 4 is 23.1 Å². The molecule has 4 rings (SSSR count). The highest BCUT2D eigenvalue weighted by atomic mass is 19.4. The van der Waals surface area contributed by atoms with Crippen molar-refractivity contribution in [3.63, 3.8) is 0 Å². The van der Waals surface area contributed by atoms with E-state index in [4.69, 9.17) is 9.47 Å². The third-order valence-electron chi connectivity index (χ3n) is 6.22. The summed E-state index contributed by atoms with van der Waals surface area (Å²) >= 11 is 0. The second kappa shape index (κ2) is 10.6. The number of aliphatic hydroxyl groups excluding tert-OH is 1. The highest BCUT2D eigenvalue weighted by Crippen LogP contribution is 2.45. The van der Waals surface area contributed by atoms with Gasteiger partial charge in [0.15, 0.2) is 0 Å². The number of ketones is 1. The van der Waals surface area contributed by atoms with Crippen molar-refractivity contribution in [1.29, 1.82) is 0 Å². The predicted octanol–water partition coefficient (Wildman–Crippen LogP) is 6.44. The van der Waals surface area contributed by atoms with Crippen molar-refractivity contribution in [3.05, 3.63) is 94.6 Å². The molecule has 3 aromatic rings. The van der Waals surface area contributed by atoms with Crippen molar-refractivity contribution in [2.45, 2.75) is 33.0 Å². The maximum absolute atomic E-state index is 13.4. The molecule has 1 saturated heterocycles. The van der Waals surface area contributed by atoms with E-state index < -0.39 is 35.2 Å². The van der Waals surface area contributed by atoms with Gasteiger partial charge in [0.2, 0.25) is 0 Å². The highest BCUT2D eigenvalue weighted by molar-refractivity contribution is 6.51. The van der Waals surface area contributed by atoms with Crippen LogP contribution in [0.5, 0.6) is 11.5 Å². The Hall–Kier alpha value is -4.27. The van der Waals surface area contributed by atoms with Gasteiger partial charge in [0, 0.05) is 11.8 Å². The summed E-state index contributed by atoms with van der Waals surface area (Å²) < 4.78 is 50.7. The van der Waals surface area contributed by atoms with Crippen LogP contribution in [0.25, 0.3) is 5.76 Å². The fourth-order valence-electron chi connectivity index (χ4n) is 4.47. The third-order valence-corrected chi connectivity index (χ3v) is 6.22. The van der Waals surface area contributed by atoms with Gasteiger partial charge in [-0.25, -0.2) is 0 Å².